The minimum atomic E-state index is -4.66. The number of aromatic nitrogens is 5. The molecule has 45 heavy (non-hydrogen) atoms. The van der Waals surface area contributed by atoms with Crippen molar-refractivity contribution in [2.75, 3.05) is 13.6 Å². The summed E-state index contributed by atoms with van der Waals surface area (Å²) in [5.41, 5.74) is 1.37. The Kier molecular flexibility index (Phi) is 8.53. The number of piperidine rings is 1. The first kappa shape index (κ1) is 31.0. The highest BCUT2D eigenvalue weighted by Crippen LogP contribution is 2.35. The topological polar surface area (TPSA) is 97.9 Å². The van der Waals surface area contributed by atoms with E-state index in [1.165, 1.54) is 30.6 Å². The fourth-order valence-electron chi connectivity index (χ4n) is 6.51. The minimum absolute atomic E-state index is 0.00282. The molecule has 0 radical (unpaired) electrons. The van der Waals surface area contributed by atoms with Gasteiger partial charge in [-0.25, -0.2) is 9.67 Å². The molecule has 1 saturated heterocycles. The van der Waals surface area contributed by atoms with Crippen LogP contribution in [0.5, 0.6) is 0 Å². The number of nitrogens with zero attached hydrogens (tertiary/aromatic N) is 6. The molecular formula is C32H33ClF3N7O2. The highest BCUT2D eigenvalue weighted by atomic mass is 35.5. The van der Waals surface area contributed by atoms with Gasteiger partial charge < -0.3 is 5.32 Å². The van der Waals surface area contributed by atoms with Gasteiger partial charge >= 0.3 is 6.18 Å². The first-order chi connectivity index (χ1) is 21.5. The van der Waals surface area contributed by atoms with E-state index in [9.17, 15) is 22.8 Å². The Bertz CT molecular complexity index is 1770. The molecule has 1 N–H and O–H groups in total. The van der Waals surface area contributed by atoms with Gasteiger partial charge in [0.05, 0.1) is 36.0 Å². The average Bonchev–Trinajstić information content (AvgIpc) is 3.50. The van der Waals surface area contributed by atoms with E-state index < -0.39 is 11.9 Å². The van der Waals surface area contributed by atoms with Gasteiger partial charge in [0.15, 0.2) is 5.69 Å². The van der Waals surface area contributed by atoms with Crippen molar-refractivity contribution in [3.8, 4) is 16.9 Å². The zero-order valence-electron chi connectivity index (χ0n) is 24.8. The second kappa shape index (κ2) is 12.4. The SMILES string of the molecule is C[C@@H]1CCC[C@H](n2cnc(-c3cc(Cl)ccc3-n3cc(C(F)(F)F)nn3)cc2=O)c2cccc(c2)C2C(CCCN2C)NC1=O. The number of rotatable bonds is 3. The van der Waals surface area contributed by atoms with Crippen molar-refractivity contribution < 1.29 is 18.0 Å². The molecule has 0 saturated carbocycles. The van der Waals surface area contributed by atoms with Gasteiger partial charge in [-0.1, -0.05) is 54.4 Å². The van der Waals surface area contributed by atoms with Gasteiger partial charge in [0.2, 0.25) is 5.91 Å². The van der Waals surface area contributed by atoms with E-state index in [2.05, 4.69) is 44.7 Å². The lowest BCUT2D eigenvalue weighted by Crippen LogP contribution is -2.50. The van der Waals surface area contributed by atoms with Crippen LogP contribution in [0.1, 0.15) is 67.9 Å². The van der Waals surface area contributed by atoms with Crippen LogP contribution in [0.25, 0.3) is 16.9 Å². The van der Waals surface area contributed by atoms with Crippen molar-refractivity contribution in [3.63, 3.8) is 0 Å². The number of amides is 1. The normalized spacial score (nSPS) is 23.0. The first-order valence-corrected chi connectivity index (χ1v) is 15.4. The molecule has 2 aliphatic rings. The third-order valence-electron chi connectivity index (χ3n) is 8.85. The number of hydrogen-bond donors (Lipinski definition) is 1. The van der Waals surface area contributed by atoms with Gasteiger partial charge in [-0.2, -0.15) is 13.2 Å². The van der Waals surface area contributed by atoms with Crippen LogP contribution in [-0.2, 0) is 11.0 Å². The predicted molar refractivity (Wildman–Crippen MR) is 163 cm³/mol. The highest BCUT2D eigenvalue weighted by molar-refractivity contribution is 6.31. The maximum Gasteiger partial charge on any atom is 0.436 e. The zero-order chi connectivity index (χ0) is 31.9. The fraction of sp³-hybridized carbons (Fsp3) is 0.406. The van der Waals surface area contributed by atoms with Crippen LogP contribution in [0.2, 0.25) is 5.02 Å². The largest absolute Gasteiger partial charge is 0.436 e. The number of halogens is 4. The summed E-state index contributed by atoms with van der Waals surface area (Å²) in [5, 5.41) is 10.5. The van der Waals surface area contributed by atoms with Crippen molar-refractivity contribution in [1.82, 2.24) is 34.8 Å². The van der Waals surface area contributed by atoms with E-state index in [1.807, 2.05) is 19.1 Å². The molecule has 2 aliphatic heterocycles. The monoisotopic (exact) mass is 639 g/mol. The molecule has 2 unspecified atom stereocenters. The van der Waals surface area contributed by atoms with Crippen LogP contribution < -0.4 is 10.9 Å². The lowest BCUT2D eigenvalue weighted by molar-refractivity contribution is -0.141. The molecule has 236 valence electrons. The van der Waals surface area contributed by atoms with Crippen LogP contribution in [0.3, 0.4) is 0 Å². The summed E-state index contributed by atoms with van der Waals surface area (Å²) in [7, 11) is 2.07. The predicted octanol–water partition coefficient (Wildman–Crippen LogP) is 5.82. The molecule has 4 atom stereocenters. The number of nitrogens with one attached hydrogen (secondary N) is 1. The van der Waals surface area contributed by atoms with Crippen molar-refractivity contribution in [1.29, 1.82) is 0 Å². The molecule has 0 aliphatic carbocycles. The summed E-state index contributed by atoms with van der Waals surface area (Å²) < 4.78 is 42.3. The summed E-state index contributed by atoms with van der Waals surface area (Å²) in [6.07, 6.45) is 1.45. The van der Waals surface area contributed by atoms with E-state index in [0.717, 1.165) is 41.4 Å². The van der Waals surface area contributed by atoms with E-state index >= 15 is 0 Å². The summed E-state index contributed by atoms with van der Waals surface area (Å²) in [5.74, 6) is -0.131. The minimum Gasteiger partial charge on any atom is -0.351 e. The Morgan fingerprint density at radius 2 is 1.80 bits per heavy atom. The van der Waals surface area contributed by atoms with Crippen LogP contribution in [0.15, 0.2) is 65.8 Å². The van der Waals surface area contributed by atoms with Crippen LogP contribution >= 0.6 is 11.6 Å². The van der Waals surface area contributed by atoms with E-state index in [1.54, 1.807) is 4.57 Å². The number of hydrogen-bond acceptors (Lipinski definition) is 6. The van der Waals surface area contributed by atoms with Gasteiger partial charge in [-0.05, 0) is 68.6 Å². The molecule has 9 nitrogen and oxygen atoms in total. The number of likely N-dealkylation sites (tertiary alicyclic amines) is 1. The van der Waals surface area contributed by atoms with Crippen molar-refractivity contribution >= 4 is 17.5 Å². The van der Waals surface area contributed by atoms with Crippen molar-refractivity contribution in [3.05, 3.63) is 93.3 Å². The average molecular weight is 640 g/mol. The number of carbonyl (C=O) groups excluding carboxylic acids is 1. The Morgan fingerprint density at radius 3 is 2.56 bits per heavy atom. The summed E-state index contributed by atoms with van der Waals surface area (Å²) >= 11 is 6.26. The molecule has 6 rings (SSSR count). The third-order valence-corrected chi connectivity index (χ3v) is 9.08. The van der Waals surface area contributed by atoms with E-state index in [0.29, 0.717) is 29.8 Å². The molecular weight excluding hydrogens is 607 g/mol. The lowest BCUT2D eigenvalue weighted by atomic mass is 9.87. The Labute approximate surface area is 263 Å². The fourth-order valence-corrected chi connectivity index (χ4v) is 6.68. The van der Waals surface area contributed by atoms with E-state index in [-0.39, 0.29) is 46.9 Å². The Hall–Kier alpha value is -4.03. The van der Waals surface area contributed by atoms with Gasteiger partial charge in [-0.3, -0.25) is 19.1 Å². The van der Waals surface area contributed by atoms with E-state index in [4.69, 9.17) is 11.6 Å². The molecule has 1 fully saturated rings. The van der Waals surface area contributed by atoms with Gasteiger partial charge in [0.25, 0.3) is 5.56 Å². The second-order valence-electron chi connectivity index (χ2n) is 11.9. The zero-order valence-corrected chi connectivity index (χ0v) is 25.6. The number of benzene rings is 2. The van der Waals surface area contributed by atoms with Crippen molar-refractivity contribution in [2.24, 2.45) is 5.92 Å². The molecule has 2 aromatic heterocycles. The van der Waals surface area contributed by atoms with Gasteiger partial charge in [0.1, 0.15) is 0 Å². The van der Waals surface area contributed by atoms with Crippen LogP contribution in [0, 0.1) is 5.92 Å². The summed E-state index contributed by atoms with van der Waals surface area (Å²) in [6, 6.07) is 13.8. The molecule has 2 bridgehead atoms. The summed E-state index contributed by atoms with van der Waals surface area (Å²) in [4.78, 5) is 33.8. The number of likely N-dealkylation sites (N-methyl/N-ethyl adjacent to an activating group) is 1. The standard InChI is InChI=1S/C32H33ClF3N7O2/c1-19-6-3-10-26(20-7-4-8-21(14-20)30-24(38-31(19)45)9-5-13-41(30)2)42-18-37-25(16-29(42)44)23-15-22(33)11-12-27(23)43-17-28(39-40-43)32(34,35)36/h4,7-8,11-12,14-19,24,26,30H,3,5-6,9-10,13H2,1-2H3,(H,38,45)/t19-,24?,26+,30?/m1/s1. The van der Waals surface area contributed by atoms with Crippen LogP contribution in [0.4, 0.5) is 13.2 Å². The number of carbonyl (C=O) groups is 1. The third kappa shape index (κ3) is 6.39. The quantitative estimate of drug-likeness (QED) is 0.303. The maximum atomic E-state index is 13.8. The molecule has 13 heteroatoms. The summed E-state index contributed by atoms with van der Waals surface area (Å²) in [6.45, 7) is 2.86. The van der Waals surface area contributed by atoms with Crippen LogP contribution in [-0.4, -0.2) is 55.0 Å². The smallest absolute Gasteiger partial charge is 0.351 e. The Balaban J connectivity index is 1.40. The molecule has 1 amide bonds. The second-order valence-corrected chi connectivity index (χ2v) is 12.4. The molecule has 4 aromatic rings. The maximum absolute atomic E-state index is 13.8. The molecule has 4 heterocycles. The molecule has 2 aromatic carbocycles. The van der Waals surface area contributed by atoms with Crippen molar-refractivity contribution in [2.45, 2.75) is 63.3 Å². The van der Waals surface area contributed by atoms with Gasteiger partial charge in [0, 0.05) is 28.6 Å². The van der Waals surface area contributed by atoms with Gasteiger partial charge in [-0.15, -0.1) is 5.10 Å². The highest BCUT2D eigenvalue weighted by Gasteiger charge is 2.35. The molecule has 0 spiro atoms. The lowest BCUT2D eigenvalue weighted by Gasteiger charge is -2.40. The number of fused-ring (bicyclic) bond motifs is 4. The first-order valence-electron chi connectivity index (χ1n) is 15.0. The number of alkyl halides is 3. The Morgan fingerprint density at radius 1 is 1.00 bits per heavy atom.